The molecule has 1 heterocycles. The maximum absolute atomic E-state index is 13.3. The van der Waals surface area contributed by atoms with Crippen molar-refractivity contribution in [3.8, 4) is 0 Å². The van der Waals surface area contributed by atoms with Gasteiger partial charge < -0.3 is 4.90 Å². The molecule has 0 atom stereocenters. The number of rotatable bonds is 4. The van der Waals surface area contributed by atoms with E-state index in [1.54, 1.807) is 0 Å². The van der Waals surface area contributed by atoms with Gasteiger partial charge in [0.15, 0.2) is 0 Å². The van der Waals surface area contributed by atoms with Crippen LogP contribution in [0.25, 0.3) is 0 Å². The van der Waals surface area contributed by atoms with Crippen molar-refractivity contribution in [3.05, 3.63) is 57.1 Å². The maximum atomic E-state index is 13.3. The molecule has 5 nitrogen and oxygen atoms in total. The second kappa shape index (κ2) is 8.06. The van der Waals surface area contributed by atoms with E-state index in [1.165, 1.54) is 5.56 Å². The number of hydrogen-bond acceptors (Lipinski definition) is 3. The van der Waals surface area contributed by atoms with E-state index in [2.05, 4.69) is 4.72 Å². The topological polar surface area (TPSA) is 66.5 Å². The Hall–Kier alpha value is -2.34. The first-order valence-corrected chi connectivity index (χ1v) is 11.9. The van der Waals surface area contributed by atoms with Gasteiger partial charge in [0, 0.05) is 24.7 Å². The van der Waals surface area contributed by atoms with Gasteiger partial charge in [0.25, 0.3) is 10.0 Å². The minimum atomic E-state index is -3.74. The molecule has 1 aliphatic heterocycles. The number of carbonyl (C=O) groups excluding carboxylic acids is 1. The Morgan fingerprint density at radius 1 is 0.933 bits per heavy atom. The maximum Gasteiger partial charge on any atom is 0.262 e. The molecule has 1 aliphatic rings. The Labute approximate surface area is 180 Å². The van der Waals surface area contributed by atoms with E-state index in [0.717, 1.165) is 39.8 Å². The molecule has 0 fully saturated rings. The Kier molecular flexibility index (Phi) is 6.01. The molecular formula is C24H32N2O3S. The summed E-state index contributed by atoms with van der Waals surface area (Å²) >= 11 is 0. The molecule has 0 unspecified atom stereocenters. The second-order valence-electron chi connectivity index (χ2n) is 8.71. The average Bonchev–Trinajstić information content (AvgIpc) is 2.69. The van der Waals surface area contributed by atoms with Crippen molar-refractivity contribution < 1.29 is 13.2 Å². The van der Waals surface area contributed by atoms with Gasteiger partial charge in [-0.15, -0.1) is 0 Å². The van der Waals surface area contributed by atoms with Crippen LogP contribution in [0.1, 0.15) is 52.8 Å². The van der Waals surface area contributed by atoms with Crippen molar-refractivity contribution in [1.29, 1.82) is 0 Å². The molecule has 0 bridgehead atoms. The molecule has 0 aliphatic carbocycles. The first kappa shape index (κ1) is 22.3. The van der Waals surface area contributed by atoms with Crippen LogP contribution in [0, 0.1) is 40.5 Å². The summed E-state index contributed by atoms with van der Waals surface area (Å²) in [5.74, 6) is 0.0793. The lowest BCUT2D eigenvalue weighted by molar-refractivity contribution is -0.135. The fourth-order valence-electron chi connectivity index (χ4n) is 4.25. The SMILES string of the molecule is Cc1c(C)c(C)c(S(=O)(=O)Nc2ccc3c(c2)CN(C(=O)C(C)C)CC3)c(C)c1C. The van der Waals surface area contributed by atoms with Gasteiger partial charge in [-0.3, -0.25) is 9.52 Å². The van der Waals surface area contributed by atoms with E-state index in [1.807, 2.05) is 71.6 Å². The number of sulfonamides is 1. The smallest absolute Gasteiger partial charge is 0.262 e. The number of fused-ring (bicyclic) bond motifs is 1. The highest BCUT2D eigenvalue weighted by atomic mass is 32.2. The molecule has 0 spiro atoms. The molecule has 0 saturated carbocycles. The van der Waals surface area contributed by atoms with Crippen LogP contribution in [0.4, 0.5) is 5.69 Å². The van der Waals surface area contributed by atoms with Crippen LogP contribution in [0.5, 0.6) is 0 Å². The highest BCUT2D eigenvalue weighted by Gasteiger charge is 2.26. The summed E-state index contributed by atoms with van der Waals surface area (Å²) in [6.07, 6.45) is 0.787. The van der Waals surface area contributed by atoms with Crippen LogP contribution in [-0.2, 0) is 27.8 Å². The third-order valence-corrected chi connectivity index (χ3v) is 8.13. The molecule has 1 amide bonds. The Balaban J connectivity index is 1.95. The predicted octanol–water partition coefficient (Wildman–Crippen LogP) is 4.57. The molecule has 0 radical (unpaired) electrons. The summed E-state index contributed by atoms with van der Waals surface area (Å²) in [6, 6.07) is 5.65. The third kappa shape index (κ3) is 3.97. The number of nitrogens with zero attached hydrogens (tertiary/aromatic N) is 1. The first-order chi connectivity index (χ1) is 13.9. The van der Waals surface area contributed by atoms with Crippen molar-refractivity contribution >= 4 is 21.6 Å². The summed E-state index contributed by atoms with van der Waals surface area (Å²) in [5.41, 5.74) is 7.42. The Morgan fingerprint density at radius 2 is 1.50 bits per heavy atom. The normalized spacial score (nSPS) is 14.1. The molecule has 30 heavy (non-hydrogen) atoms. The largest absolute Gasteiger partial charge is 0.338 e. The van der Waals surface area contributed by atoms with Crippen molar-refractivity contribution in [2.24, 2.45) is 5.92 Å². The fraction of sp³-hybridized carbons (Fsp3) is 0.458. The highest BCUT2D eigenvalue weighted by molar-refractivity contribution is 7.92. The number of hydrogen-bond donors (Lipinski definition) is 1. The molecule has 2 aromatic rings. The predicted molar refractivity (Wildman–Crippen MR) is 121 cm³/mol. The summed E-state index contributed by atoms with van der Waals surface area (Å²) in [6.45, 7) is 14.7. The molecule has 2 aromatic carbocycles. The average molecular weight is 429 g/mol. The van der Waals surface area contributed by atoms with Crippen molar-refractivity contribution in [2.75, 3.05) is 11.3 Å². The van der Waals surface area contributed by atoms with E-state index in [-0.39, 0.29) is 11.8 Å². The number of benzene rings is 2. The Bertz CT molecular complexity index is 1090. The van der Waals surface area contributed by atoms with Gasteiger partial charge in [-0.05, 0) is 92.1 Å². The quantitative estimate of drug-likeness (QED) is 0.776. The molecular weight excluding hydrogens is 396 g/mol. The minimum Gasteiger partial charge on any atom is -0.338 e. The van der Waals surface area contributed by atoms with Gasteiger partial charge in [0.05, 0.1) is 4.90 Å². The summed E-state index contributed by atoms with van der Waals surface area (Å²) in [7, 11) is -3.74. The highest BCUT2D eigenvalue weighted by Crippen LogP contribution is 2.31. The summed E-state index contributed by atoms with van der Waals surface area (Å²) < 4.78 is 29.4. The van der Waals surface area contributed by atoms with Crippen LogP contribution in [0.3, 0.4) is 0 Å². The lowest BCUT2D eigenvalue weighted by Crippen LogP contribution is -2.38. The van der Waals surface area contributed by atoms with E-state index < -0.39 is 10.0 Å². The third-order valence-electron chi connectivity index (χ3n) is 6.48. The number of carbonyl (C=O) groups is 1. The molecule has 0 saturated heterocycles. The standard InChI is InChI=1S/C24H32N2O3S/c1-14(2)24(27)26-11-10-20-8-9-22(12-21(20)13-26)25-30(28,29)23-18(6)16(4)15(3)17(5)19(23)7/h8-9,12,14,25H,10-11,13H2,1-7H3. The van der Waals surface area contributed by atoms with Crippen molar-refractivity contribution in [1.82, 2.24) is 4.90 Å². The van der Waals surface area contributed by atoms with Crippen LogP contribution < -0.4 is 4.72 Å². The van der Waals surface area contributed by atoms with Crippen LogP contribution in [0.2, 0.25) is 0 Å². The molecule has 0 aromatic heterocycles. The first-order valence-electron chi connectivity index (χ1n) is 10.4. The van der Waals surface area contributed by atoms with Gasteiger partial charge in [-0.2, -0.15) is 0 Å². The molecule has 162 valence electrons. The number of amides is 1. The Morgan fingerprint density at radius 3 is 2.07 bits per heavy atom. The minimum absolute atomic E-state index is 0.0489. The number of nitrogens with one attached hydrogen (secondary N) is 1. The van der Waals surface area contributed by atoms with E-state index in [9.17, 15) is 13.2 Å². The van der Waals surface area contributed by atoms with Gasteiger partial charge in [-0.25, -0.2) is 8.42 Å². The summed E-state index contributed by atoms with van der Waals surface area (Å²) in [4.78, 5) is 14.6. The van der Waals surface area contributed by atoms with Crippen LogP contribution in [-0.4, -0.2) is 25.8 Å². The van der Waals surface area contributed by atoms with Gasteiger partial charge >= 0.3 is 0 Å². The van der Waals surface area contributed by atoms with Crippen molar-refractivity contribution in [3.63, 3.8) is 0 Å². The zero-order chi connectivity index (χ0) is 22.4. The van der Waals surface area contributed by atoms with E-state index in [0.29, 0.717) is 23.7 Å². The zero-order valence-corrected chi connectivity index (χ0v) is 19.8. The number of anilines is 1. The molecule has 3 rings (SSSR count). The molecule has 6 heteroatoms. The van der Waals surface area contributed by atoms with Crippen LogP contribution in [0.15, 0.2) is 23.1 Å². The second-order valence-corrected chi connectivity index (χ2v) is 10.3. The van der Waals surface area contributed by atoms with E-state index >= 15 is 0 Å². The van der Waals surface area contributed by atoms with Crippen molar-refractivity contribution in [2.45, 2.75) is 66.3 Å². The van der Waals surface area contributed by atoms with Gasteiger partial charge in [0.1, 0.15) is 0 Å². The summed E-state index contributed by atoms with van der Waals surface area (Å²) in [5, 5.41) is 0. The molecule has 1 N–H and O–H groups in total. The lowest BCUT2D eigenvalue weighted by Gasteiger charge is -2.30. The van der Waals surface area contributed by atoms with Crippen LogP contribution >= 0.6 is 0 Å². The van der Waals surface area contributed by atoms with E-state index in [4.69, 9.17) is 0 Å². The lowest BCUT2D eigenvalue weighted by atomic mass is 9.95. The van der Waals surface area contributed by atoms with Gasteiger partial charge in [0.2, 0.25) is 5.91 Å². The zero-order valence-electron chi connectivity index (χ0n) is 19.0. The van der Waals surface area contributed by atoms with Gasteiger partial charge in [-0.1, -0.05) is 19.9 Å². The fourth-order valence-corrected chi connectivity index (χ4v) is 5.90. The monoisotopic (exact) mass is 428 g/mol.